The third-order valence-corrected chi connectivity index (χ3v) is 6.38. The summed E-state index contributed by atoms with van der Waals surface area (Å²) in [5, 5.41) is 0. The number of likely N-dealkylation sites (tertiary alicyclic amines) is 1. The number of nitrogens with zero attached hydrogens (tertiary/aromatic N) is 1. The summed E-state index contributed by atoms with van der Waals surface area (Å²) in [7, 11) is 0. The molecule has 0 radical (unpaired) electrons. The predicted octanol–water partition coefficient (Wildman–Crippen LogP) is 3.65. The topological polar surface area (TPSA) is 29.3 Å². The van der Waals surface area contributed by atoms with Gasteiger partial charge in [0.15, 0.2) is 0 Å². The first kappa shape index (κ1) is 15.3. The zero-order chi connectivity index (χ0) is 13.9. The fraction of sp³-hybridized carbons (Fsp3) is 1.00. The summed E-state index contributed by atoms with van der Waals surface area (Å²) in [4.78, 5) is 2.79. The van der Waals surface area contributed by atoms with Gasteiger partial charge in [-0.2, -0.15) is 0 Å². The number of rotatable bonds is 3. The van der Waals surface area contributed by atoms with Crippen molar-refractivity contribution in [3.8, 4) is 0 Å². The zero-order valence-corrected chi connectivity index (χ0v) is 13.3. The first-order chi connectivity index (χ1) is 9.14. The highest BCUT2D eigenvalue weighted by Crippen LogP contribution is 2.42. The molecule has 0 aromatic rings. The smallest absolute Gasteiger partial charge is 0.0359 e. The normalized spacial score (nSPS) is 42.0. The zero-order valence-electron chi connectivity index (χ0n) is 13.3. The second kappa shape index (κ2) is 6.58. The highest BCUT2D eigenvalue weighted by Gasteiger charge is 2.44. The molecule has 4 unspecified atom stereocenters. The molecule has 2 nitrogen and oxygen atoms in total. The van der Waals surface area contributed by atoms with Crippen LogP contribution in [0.2, 0.25) is 0 Å². The van der Waals surface area contributed by atoms with Crippen LogP contribution in [-0.4, -0.2) is 30.1 Å². The molecule has 1 aliphatic carbocycles. The maximum atomic E-state index is 6.30. The third-order valence-electron chi connectivity index (χ3n) is 6.38. The first-order valence-electron chi connectivity index (χ1n) is 8.59. The van der Waals surface area contributed by atoms with Crippen LogP contribution in [0.25, 0.3) is 0 Å². The number of hydrogen-bond acceptors (Lipinski definition) is 2. The van der Waals surface area contributed by atoms with E-state index in [4.69, 9.17) is 5.73 Å². The van der Waals surface area contributed by atoms with Gasteiger partial charge in [0.2, 0.25) is 0 Å². The van der Waals surface area contributed by atoms with Crippen molar-refractivity contribution in [2.75, 3.05) is 19.6 Å². The molecular formula is C17H34N2. The molecule has 112 valence electrons. The van der Waals surface area contributed by atoms with Crippen molar-refractivity contribution in [3.05, 3.63) is 0 Å². The monoisotopic (exact) mass is 266 g/mol. The minimum atomic E-state index is 0.306. The molecule has 1 saturated carbocycles. The van der Waals surface area contributed by atoms with E-state index in [9.17, 15) is 0 Å². The van der Waals surface area contributed by atoms with Crippen molar-refractivity contribution < 1.29 is 0 Å². The van der Waals surface area contributed by atoms with Crippen molar-refractivity contribution in [2.24, 2.45) is 23.5 Å². The molecule has 2 N–H and O–H groups in total. The van der Waals surface area contributed by atoms with E-state index >= 15 is 0 Å². The van der Waals surface area contributed by atoms with Gasteiger partial charge < -0.3 is 5.73 Å². The summed E-state index contributed by atoms with van der Waals surface area (Å²) in [5.41, 5.74) is 6.60. The highest BCUT2D eigenvalue weighted by molar-refractivity contribution is 5.00. The number of nitrogens with two attached hydrogens (primary N) is 1. The van der Waals surface area contributed by atoms with Crippen molar-refractivity contribution >= 4 is 0 Å². The van der Waals surface area contributed by atoms with E-state index in [1.54, 1.807) is 0 Å². The van der Waals surface area contributed by atoms with Gasteiger partial charge in [-0.25, -0.2) is 0 Å². The SMILES string of the molecule is CCC1CCCN(C2(CN)CCCC(C)C2C)CC1. The molecule has 4 atom stereocenters. The quantitative estimate of drug-likeness (QED) is 0.845. The van der Waals surface area contributed by atoms with Crippen LogP contribution < -0.4 is 5.73 Å². The lowest BCUT2D eigenvalue weighted by Gasteiger charge is -2.52. The molecular weight excluding hydrogens is 232 g/mol. The highest BCUT2D eigenvalue weighted by atomic mass is 15.2. The summed E-state index contributed by atoms with van der Waals surface area (Å²) >= 11 is 0. The fourth-order valence-corrected chi connectivity index (χ4v) is 4.62. The van der Waals surface area contributed by atoms with Crippen LogP contribution in [0.5, 0.6) is 0 Å². The molecule has 2 fully saturated rings. The summed E-state index contributed by atoms with van der Waals surface area (Å²) in [6.45, 7) is 10.7. The summed E-state index contributed by atoms with van der Waals surface area (Å²) in [5.74, 6) is 2.54. The molecule has 1 saturated heterocycles. The van der Waals surface area contributed by atoms with Crippen LogP contribution in [0.15, 0.2) is 0 Å². The Morgan fingerprint density at radius 2 is 1.89 bits per heavy atom. The van der Waals surface area contributed by atoms with Crippen molar-refractivity contribution in [1.29, 1.82) is 0 Å². The molecule has 2 aliphatic rings. The van der Waals surface area contributed by atoms with Gasteiger partial charge in [-0.05, 0) is 56.5 Å². The maximum Gasteiger partial charge on any atom is 0.0359 e. The van der Waals surface area contributed by atoms with Gasteiger partial charge in [-0.15, -0.1) is 0 Å². The van der Waals surface area contributed by atoms with Crippen LogP contribution in [0, 0.1) is 17.8 Å². The molecule has 0 bridgehead atoms. The van der Waals surface area contributed by atoms with Gasteiger partial charge >= 0.3 is 0 Å². The molecule has 1 aliphatic heterocycles. The van der Waals surface area contributed by atoms with Crippen molar-refractivity contribution in [1.82, 2.24) is 4.90 Å². The van der Waals surface area contributed by atoms with E-state index in [1.165, 1.54) is 58.0 Å². The second-order valence-electron chi connectivity index (χ2n) is 7.16. The summed E-state index contributed by atoms with van der Waals surface area (Å²) in [6, 6.07) is 0. The largest absolute Gasteiger partial charge is 0.329 e. The van der Waals surface area contributed by atoms with Crippen LogP contribution in [0.1, 0.15) is 65.7 Å². The molecule has 0 amide bonds. The Labute approximate surface area is 120 Å². The molecule has 0 spiro atoms. The van der Waals surface area contributed by atoms with Gasteiger partial charge in [-0.3, -0.25) is 4.90 Å². The first-order valence-corrected chi connectivity index (χ1v) is 8.59. The molecule has 2 heteroatoms. The van der Waals surface area contributed by atoms with E-state index in [0.717, 1.165) is 24.3 Å². The Hall–Kier alpha value is -0.0800. The van der Waals surface area contributed by atoms with Crippen molar-refractivity contribution in [3.63, 3.8) is 0 Å². The minimum absolute atomic E-state index is 0.306. The standard InChI is InChI=1S/C17H34N2/c1-4-16-8-6-11-19(12-9-16)17(13-18)10-5-7-14(2)15(17)3/h14-16H,4-13,18H2,1-3H3. The van der Waals surface area contributed by atoms with E-state index in [2.05, 4.69) is 25.7 Å². The van der Waals surface area contributed by atoms with E-state index in [-0.39, 0.29) is 0 Å². The Kier molecular flexibility index (Phi) is 5.30. The minimum Gasteiger partial charge on any atom is -0.329 e. The Morgan fingerprint density at radius 3 is 2.58 bits per heavy atom. The lowest BCUT2D eigenvalue weighted by molar-refractivity contribution is -0.00939. The maximum absolute atomic E-state index is 6.30. The van der Waals surface area contributed by atoms with Gasteiger partial charge in [0, 0.05) is 12.1 Å². The van der Waals surface area contributed by atoms with Crippen molar-refractivity contribution in [2.45, 2.75) is 71.3 Å². The molecule has 0 aromatic heterocycles. The Balaban J connectivity index is 2.11. The van der Waals surface area contributed by atoms with E-state index in [1.807, 2.05) is 0 Å². The molecule has 19 heavy (non-hydrogen) atoms. The van der Waals surface area contributed by atoms with Crippen LogP contribution in [0.4, 0.5) is 0 Å². The van der Waals surface area contributed by atoms with Gasteiger partial charge in [0.1, 0.15) is 0 Å². The summed E-state index contributed by atoms with van der Waals surface area (Å²) < 4.78 is 0. The Morgan fingerprint density at radius 1 is 1.11 bits per heavy atom. The van der Waals surface area contributed by atoms with Crippen LogP contribution in [0.3, 0.4) is 0 Å². The average molecular weight is 266 g/mol. The van der Waals surface area contributed by atoms with E-state index < -0.39 is 0 Å². The molecule has 1 heterocycles. The van der Waals surface area contributed by atoms with E-state index in [0.29, 0.717) is 5.54 Å². The second-order valence-corrected chi connectivity index (χ2v) is 7.16. The van der Waals surface area contributed by atoms with Gasteiger partial charge in [0.25, 0.3) is 0 Å². The third kappa shape index (κ3) is 3.00. The Bertz CT molecular complexity index is 278. The van der Waals surface area contributed by atoms with Crippen LogP contribution in [-0.2, 0) is 0 Å². The fourth-order valence-electron chi connectivity index (χ4n) is 4.62. The lowest BCUT2D eigenvalue weighted by Crippen LogP contribution is -2.61. The summed E-state index contributed by atoms with van der Waals surface area (Å²) in [6.07, 6.45) is 9.64. The van der Waals surface area contributed by atoms with Gasteiger partial charge in [0.05, 0.1) is 0 Å². The molecule has 2 rings (SSSR count). The van der Waals surface area contributed by atoms with Gasteiger partial charge in [-0.1, -0.05) is 40.0 Å². The predicted molar refractivity (Wildman–Crippen MR) is 83.2 cm³/mol. The lowest BCUT2D eigenvalue weighted by atomic mass is 9.67. The molecule has 0 aromatic carbocycles. The van der Waals surface area contributed by atoms with Crippen LogP contribution >= 0.6 is 0 Å². The average Bonchev–Trinajstić information content (AvgIpc) is 2.68. The number of hydrogen-bond donors (Lipinski definition) is 1.